The Morgan fingerprint density at radius 2 is 1.71 bits per heavy atom. The second-order valence-corrected chi connectivity index (χ2v) is 7.33. The van der Waals surface area contributed by atoms with E-state index in [2.05, 4.69) is 0 Å². The van der Waals surface area contributed by atoms with Crippen molar-refractivity contribution in [3.63, 3.8) is 0 Å². The lowest BCUT2D eigenvalue weighted by atomic mass is 10.00. The second-order valence-electron chi connectivity index (χ2n) is 7.33. The number of likely N-dealkylation sites (tertiary alicyclic amines) is 1. The summed E-state index contributed by atoms with van der Waals surface area (Å²) in [5.74, 6) is 1.12. The molecule has 0 aliphatic carbocycles. The number of nitrogens with zero attached hydrogens (tertiary/aromatic N) is 1. The molecule has 0 unspecified atom stereocenters. The van der Waals surface area contributed by atoms with E-state index in [9.17, 15) is 0 Å². The van der Waals surface area contributed by atoms with Gasteiger partial charge in [0.2, 0.25) is 6.79 Å². The summed E-state index contributed by atoms with van der Waals surface area (Å²) in [5, 5.41) is 0. The fraction of sp³-hybridized carbons (Fsp3) is 0.333. The maximum absolute atomic E-state index is 8.86. The highest BCUT2D eigenvalue weighted by atomic mass is 16.7. The molecular formula is C27H29NO3. The molecule has 1 fully saturated rings. The van der Waals surface area contributed by atoms with Gasteiger partial charge in [-0.25, -0.2) is 0 Å². The van der Waals surface area contributed by atoms with Gasteiger partial charge in [0.25, 0.3) is 0 Å². The van der Waals surface area contributed by atoms with E-state index in [1.807, 2.05) is 0 Å². The number of benzene rings is 3. The molecule has 0 spiro atoms. The van der Waals surface area contributed by atoms with Gasteiger partial charge in [-0.05, 0) is 54.6 Å². The van der Waals surface area contributed by atoms with Crippen LogP contribution in [0.15, 0.2) is 78.6 Å². The molecule has 2 heterocycles. The summed E-state index contributed by atoms with van der Waals surface area (Å²) in [4.78, 5) is 1.59. The third-order valence-electron chi connectivity index (χ3n) is 5.21. The standard InChI is InChI=1S/C27H29NO3/c1-3-8-22(9-4-1)27(23-10-5-2-6-11-23)31-24-12-7-16-28(19-24)17-15-21-13-14-25-26(18-21)30-20-29-25/h1-6,8-11,13-14,18,24,27H,7,12,15-17,19-20H2/t24-/m1/s1/i1D,2D,3D,4D,5D,6D,8D,9D,10D,11D,17D2. The van der Waals surface area contributed by atoms with Gasteiger partial charge in [-0.2, -0.15) is 0 Å². The molecule has 2 aliphatic heterocycles. The quantitative estimate of drug-likeness (QED) is 0.517. The van der Waals surface area contributed by atoms with Crippen LogP contribution < -0.4 is 9.47 Å². The first-order valence-corrected chi connectivity index (χ1v) is 10.2. The summed E-state index contributed by atoms with van der Waals surface area (Å²) in [6.45, 7) is -1.30. The Labute approximate surface area is 201 Å². The van der Waals surface area contributed by atoms with Crippen LogP contribution in [-0.4, -0.2) is 37.4 Å². The smallest absolute Gasteiger partial charge is 0.231 e. The molecule has 0 aromatic heterocycles. The van der Waals surface area contributed by atoms with Crippen molar-refractivity contribution in [2.45, 2.75) is 31.5 Å². The molecule has 4 heteroatoms. The molecule has 1 saturated heterocycles. The monoisotopic (exact) mass is 427 g/mol. The maximum Gasteiger partial charge on any atom is 0.231 e. The van der Waals surface area contributed by atoms with Crippen molar-refractivity contribution in [3.05, 3.63) is 95.3 Å². The minimum absolute atomic E-state index is 0.0198. The lowest BCUT2D eigenvalue weighted by molar-refractivity contribution is -0.0330. The van der Waals surface area contributed by atoms with Gasteiger partial charge < -0.3 is 19.1 Å². The highest BCUT2D eigenvalue weighted by Gasteiger charge is 2.25. The van der Waals surface area contributed by atoms with Gasteiger partial charge in [-0.1, -0.05) is 66.5 Å². The summed E-state index contributed by atoms with van der Waals surface area (Å²) in [6, 6.07) is -1.14. The van der Waals surface area contributed by atoms with Gasteiger partial charge in [0, 0.05) is 15.8 Å². The molecule has 0 N–H and O–H groups in total. The normalized spacial score (nSPS) is 24.4. The highest BCUT2D eigenvalue weighted by molar-refractivity contribution is 5.44. The molecule has 3 aromatic carbocycles. The predicted molar refractivity (Wildman–Crippen MR) is 122 cm³/mol. The molecule has 4 nitrogen and oxygen atoms in total. The van der Waals surface area contributed by atoms with Crippen LogP contribution in [0.1, 0.15) is 52.1 Å². The Hall–Kier alpha value is -2.82. The van der Waals surface area contributed by atoms with E-state index in [4.69, 9.17) is 30.7 Å². The van der Waals surface area contributed by atoms with Crippen LogP contribution in [0.3, 0.4) is 0 Å². The van der Waals surface area contributed by atoms with E-state index < -0.39 is 79.1 Å². The number of fused-ring (bicyclic) bond motifs is 1. The Balaban J connectivity index is 1.51. The highest BCUT2D eigenvalue weighted by Crippen LogP contribution is 2.33. The first kappa shape index (κ1) is 10.7. The Morgan fingerprint density at radius 3 is 2.45 bits per heavy atom. The van der Waals surface area contributed by atoms with E-state index in [0.717, 1.165) is 0 Å². The van der Waals surface area contributed by atoms with Crippen molar-refractivity contribution in [3.8, 4) is 11.5 Å². The van der Waals surface area contributed by atoms with Crippen molar-refractivity contribution < 1.29 is 30.7 Å². The molecule has 3 aromatic rings. The number of aryl methyl sites for hydroxylation is 1. The third kappa shape index (κ3) is 4.92. The number of rotatable bonds is 7. The Kier molecular flexibility index (Phi) is 3.28. The fourth-order valence-electron chi connectivity index (χ4n) is 3.70. The first-order chi connectivity index (χ1) is 20.2. The Bertz CT molecular complexity index is 1460. The minimum atomic E-state index is -1.83. The van der Waals surface area contributed by atoms with Crippen molar-refractivity contribution >= 4 is 0 Å². The molecule has 31 heavy (non-hydrogen) atoms. The summed E-state index contributed by atoms with van der Waals surface area (Å²) in [7, 11) is 0. The summed E-state index contributed by atoms with van der Waals surface area (Å²) in [5.41, 5.74) is -0.0246. The summed E-state index contributed by atoms with van der Waals surface area (Å²) >= 11 is 0. The van der Waals surface area contributed by atoms with E-state index >= 15 is 0 Å². The van der Waals surface area contributed by atoms with Gasteiger partial charge in [0.05, 0.1) is 19.8 Å². The van der Waals surface area contributed by atoms with Gasteiger partial charge in [-0.3, -0.25) is 0 Å². The third-order valence-corrected chi connectivity index (χ3v) is 5.21. The zero-order valence-electron chi connectivity index (χ0n) is 28.8. The molecule has 2 aliphatic rings. The summed E-state index contributed by atoms with van der Waals surface area (Å²) < 4.78 is 118. The number of ether oxygens (including phenoxy) is 3. The van der Waals surface area contributed by atoms with Crippen LogP contribution in [-0.2, 0) is 11.2 Å². The van der Waals surface area contributed by atoms with Crippen LogP contribution in [0.4, 0.5) is 0 Å². The van der Waals surface area contributed by atoms with E-state index in [-0.39, 0.29) is 30.9 Å². The lowest BCUT2D eigenvalue weighted by Gasteiger charge is -2.35. The van der Waals surface area contributed by atoms with Crippen molar-refractivity contribution in [2.75, 3.05) is 26.4 Å². The zero-order valence-corrected chi connectivity index (χ0v) is 16.8. The van der Waals surface area contributed by atoms with E-state index in [1.165, 1.54) is 0 Å². The molecule has 5 rings (SSSR count). The molecule has 160 valence electrons. The number of piperidine rings is 1. The molecule has 0 amide bonds. The summed E-state index contributed by atoms with van der Waals surface area (Å²) in [6.07, 6.45) is -1.45. The van der Waals surface area contributed by atoms with Crippen LogP contribution in [0.25, 0.3) is 0 Å². The second kappa shape index (κ2) is 9.54. The van der Waals surface area contributed by atoms with Crippen LogP contribution in [0.2, 0.25) is 0 Å². The zero-order chi connectivity index (χ0) is 31.4. The Morgan fingerprint density at radius 1 is 1.00 bits per heavy atom. The van der Waals surface area contributed by atoms with Gasteiger partial charge in [0.15, 0.2) is 11.5 Å². The number of hydrogen-bond acceptors (Lipinski definition) is 4. The van der Waals surface area contributed by atoms with Crippen molar-refractivity contribution in [2.24, 2.45) is 0 Å². The largest absolute Gasteiger partial charge is 0.454 e. The van der Waals surface area contributed by atoms with Gasteiger partial charge in [-0.15, -0.1) is 0 Å². The van der Waals surface area contributed by atoms with Crippen LogP contribution in [0.5, 0.6) is 11.5 Å². The first-order valence-electron chi connectivity index (χ1n) is 16.2. The minimum Gasteiger partial charge on any atom is -0.454 e. The van der Waals surface area contributed by atoms with Crippen LogP contribution >= 0.6 is 0 Å². The average molecular weight is 428 g/mol. The molecule has 0 radical (unpaired) electrons. The lowest BCUT2D eigenvalue weighted by Crippen LogP contribution is -2.41. The van der Waals surface area contributed by atoms with Gasteiger partial charge >= 0.3 is 0 Å². The van der Waals surface area contributed by atoms with Crippen molar-refractivity contribution in [1.29, 1.82) is 0 Å². The maximum atomic E-state index is 8.86. The predicted octanol–water partition coefficient (Wildman–Crippen LogP) is 5.23. The molecule has 0 saturated carbocycles. The fourth-order valence-corrected chi connectivity index (χ4v) is 3.70. The molecular weight excluding hydrogens is 386 g/mol. The van der Waals surface area contributed by atoms with E-state index in [1.54, 1.807) is 23.1 Å². The van der Waals surface area contributed by atoms with E-state index in [0.29, 0.717) is 36.4 Å². The topological polar surface area (TPSA) is 30.9 Å². The number of hydrogen-bond donors (Lipinski definition) is 0. The SMILES string of the molecule is [2H]c1c([2H])c([2H])c(C(O[C@@H]2CCCN(C([2H])([2H])Cc3ccc4c(c3)OCO4)C2)c2c([2H])c([2H])c([2H])c([2H])c2[2H])c([2H])c1[2H]. The van der Waals surface area contributed by atoms with Crippen LogP contribution in [0, 0.1) is 0 Å². The molecule has 0 bridgehead atoms. The van der Waals surface area contributed by atoms with Gasteiger partial charge in [0.1, 0.15) is 6.10 Å². The van der Waals surface area contributed by atoms with Crippen molar-refractivity contribution in [1.82, 2.24) is 4.90 Å². The molecule has 1 atom stereocenters. The average Bonchev–Trinajstić information content (AvgIpc) is 3.45.